The van der Waals surface area contributed by atoms with E-state index < -0.39 is 16.8 Å². The second-order valence-corrected chi connectivity index (χ2v) is 6.98. The highest BCUT2D eigenvalue weighted by atomic mass is 32.1. The number of nitro benzene ring substituents is 1. The summed E-state index contributed by atoms with van der Waals surface area (Å²) in [6.45, 7) is 3.42. The zero-order chi connectivity index (χ0) is 21.0. The Balaban J connectivity index is 2.00. The minimum atomic E-state index is -0.543. The summed E-state index contributed by atoms with van der Waals surface area (Å²) < 4.78 is 5.18. The fraction of sp³-hybridized carbons (Fsp3) is 0.143. The first-order chi connectivity index (χ1) is 13.9. The van der Waals surface area contributed by atoms with Gasteiger partial charge in [0.15, 0.2) is 0 Å². The summed E-state index contributed by atoms with van der Waals surface area (Å²) in [5, 5.41) is 16.0. The van der Waals surface area contributed by atoms with Crippen molar-refractivity contribution in [3.63, 3.8) is 0 Å². The quantitative estimate of drug-likeness (QED) is 0.348. The number of thiophene rings is 1. The highest BCUT2D eigenvalue weighted by Gasteiger charge is 2.24. The number of nitrogens with zero attached hydrogens (tertiary/aromatic N) is 1. The van der Waals surface area contributed by atoms with E-state index in [1.807, 2.05) is 30.3 Å². The maximum Gasteiger partial charge on any atom is 0.341 e. The summed E-state index contributed by atoms with van der Waals surface area (Å²) in [5.74, 6) is -1.07. The Morgan fingerprint density at radius 2 is 1.86 bits per heavy atom. The van der Waals surface area contributed by atoms with E-state index in [9.17, 15) is 19.7 Å². The summed E-state index contributed by atoms with van der Waals surface area (Å²) in [7, 11) is 0. The van der Waals surface area contributed by atoms with Crippen LogP contribution in [0.4, 0.5) is 10.7 Å². The Bertz CT molecular complexity index is 1080. The smallest absolute Gasteiger partial charge is 0.341 e. The number of benzene rings is 2. The molecule has 0 aliphatic carbocycles. The van der Waals surface area contributed by atoms with Crippen LogP contribution in [0.1, 0.15) is 33.2 Å². The molecule has 0 radical (unpaired) electrons. The molecule has 1 amide bonds. The third kappa shape index (κ3) is 4.17. The Kier molecular flexibility index (Phi) is 6.04. The molecule has 0 spiro atoms. The molecule has 0 fully saturated rings. The first-order valence-corrected chi connectivity index (χ1v) is 9.71. The normalized spacial score (nSPS) is 10.4. The van der Waals surface area contributed by atoms with Crippen LogP contribution in [0.15, 0.2) is 53.9 Å². The molecule has 148 valence electrons. The Morgan fingerprint density at radius 1 is 1.14 bits per heavy atom. The Morgan fingerprint density at radius 3 is 2.52 bits per heavy atom. The van der Waals surface area contributed by atoms with Gasteiger partial charge in [0.05, 0.1) is 11.5 Å². The topological polar surface area (TPSA) is 98.5 Å². The standard InChI is InChI=1S/C21H18N2O5S/c1-3-28-21(25)18-16(14-8-5-4-6-9-14)12-29-20(18)22-19(24)15-10-7-11-17(13(15)2)23(26)27/h4-12H,3H2,1-2H3,(H,22,24). The molecule has 3 rings (SSSR count). The first-order valence-electron chi connectivity index (χ1n) is 8.83. The number of nitro groups is 1. The molecule has 2 aromatic carbocycles. The van der Waals surface area contributed by atoms with Crippen LogP contribution < -0.4 is 5.32 Å². The van der Waals surface area contributed by atoms with Crippen LogP contribution >= 0.6 is 11.3 Å². The summed E-state index contributed by atoms with van der Waals surface area (Å²) in [5.41, 5.74) is 2.02. The minimum absolute atomic E-state index is 0.139. The van der Waals surface area contributed by atoms with Gasteiger partial charge in [-0.3, -0.25) is 14.9 Å². The lowest BCUT2D eigenvalue weighted by Gasteiger charge is -2.10. The molecule has 1 N–H and O–H groups in total. The number of ether oxygens (including phenoxy) is 1. The molecular weight excluding hydrogens is 392 g/mol. The van der Waals surface area contributed by atoms with E-state index in [1.54, 1.807) is 12.3 Å². The average Bonchev–Trinajstić information content (AvgIpc) is 3.12. The molecule has 8 heteroatoms. The van der Waals surface area contributed by atoms with E-state index in [2.05, 4.69) is 5.32 Å². The molecular formula is C21H18N2O5S. The van der Waals surface area contributed by atoms with Gasteiger partial charge >= 0.3 is 5.97 Å². The maximum absolute atomic E-state index is 12.8. The summed E-state index contributed by atoms with van der Waals surface area (Å²) in [6, 6.07) is 13.6. The number of nitrogens with one attached hydrogen (secondary N) is 1. The van der Waals surface area contributed by atoms with Crippen molar-refractivity contribution in [3.05, 3.63) is 80.7 Å². The van der Waals surface area contributed by atoms with Crippen molar-refractivity contribution >= 4 is 33.9 Å². The van der Waals surface area contributed by atoms with Crippen molar-refractivity contribution in [1.82, 2.24) is 0 Å². The number of rotatable bonds is 6. The molecule has 0 saturated heterocycles. The number of carbonyl (C=O) groups is 2. The van der Waals surface area contributed by atoms with Crippen LogP contribution in [-0.2, 0) is 4.74 Å². The molecule has 0 unspecified atom stereocenters. The molecule has 1 aromatic heterocycles. The van der Waals surface area contributed by atoms with Gasteiger partial charge in [-0.05, 0) is 25.5 Å². The minimum Gasteiger partial charge on any atom is -0.462 e. The molecule has 0 bridgehead atoms. The van der Waals surface area contributed by atoms with Crippen molar-refractivity contribution in [2.24, 2.45) is 0 Å². The van der Waals surface area contributed by atoms with Gasteiger partial charge in [-0.2, -0.15) is 0 Å². The second-order valence-electron chi connectivity index (χ2n) is 6.10. The van der Waals surface area contributed by atoms with E-state index in [0.29, 0.717) is 10.6 Å². The monoisotopic (exact) mass is 410 g/mol. The van der Waals surface area contributed by atoms with Gasteiger partial charge in [-0.15, -0.1) is 11.3 Å². The molecule has 0 aliphatic heterocycles. The number of hydrogen-bond donors (Lipinski definition) is 1. The Hall–Kier alpha value is -3.52. The number of amides is 1. The zero-order valence-corrected chi connectivity index (χ0v) is 16.6. The van der Waals surface area contributed by atoms with Crippen LogP contribution in [0.2, 0.25) is 0 Å². The van der Waals surface area contributed by atoms with E-state index >= 15 is 0 Å². The summed E-state index contributed by atoms with van der Waals surface area (Å²) >= 11 is 1.20. The fourth-order valence-electron chi connectivity index (χ4n) is 2.92. The predicted molar refractivity (Wildman–Crippen MR) is 111 cm³/mol. The van der Waals surface area contributed by atoms with Gasteiger partial charge in [0.25, 0.3) is 11.6 Å². The third-order valence-electron chi connectivity index (χ3n) is 4.33. The van der Waals surface area contributed by atoms with Gasteiger partial charge in [0.1, 0.15) is 10.6 Å². The lowest BCUT2D eigenvalue weighted by atomic mass is 10.0. The molecule has 7 nitrogen and oxygen atoms in total. The maximum atomic E-state index is 12.8. The van der Waals surface area contributed by atoms with Crippen molar-refractivity contribution in [2.75, 3.05) is 11.9 Å². The predicted octanol–water partition coefficient (Wildman–Crippen LogP) is 5.06. The van der Waals surface area contributed by atoms with Crippen LogP contribution in [-0.4, -0.2) is 23.4 Å². The first kappa shape index (κ1) is 20.2. The highest BCUT2D eigenvalue weighted by molar-refractivity contribution is 7.15. The number of esters is 1. The van der Waals surface area contributed by atoms with Crippen molar-refractivity contribution in [1.29, 1.82) is 0 Å². The number of anilines is 1. The molecule has 3 aromatic rings. The molecule has 29 heavy (non-hydrogen) atoms. The van der Waals surface area contributed by atoms with Crippen molar-refractivity contribution in [2.45, 2.75) is 13.8 Å². The van der Waals surface area contributed by atoms with E-state index in [1.165, 1.54) is 36.5 Å². The van der Waals surface area contributed by atoms with Gasteiger partial charge in [-0.1, -0.05) is 36.4 Å². The average molecular weight is 410 g/mol. The molecule has 0 atom stereocenters. The lowest BCUT2D eigenvalue weighted by Crippen LogP contribution is -2.16. The van der Waals surface area contributed by atoms with E-state index in [-0.39, 0.29) is 29.0 Å². The highest BCUT2D eigenvalue weighted by Crippen LogP contribution is 2.36. The number of hydrogen-bond acceptors (Lipinski definition) is 6. The SMILES string of the molecule is CCOC(=O)c1c(-c2ccccc2)csc1NC(=O)c1cccc([N+](=O)[O-])c1C. The van der Waals surface area contributed by atoms with Crippen LogP contribution in [0.3, 0.4) is 0 Å². The molecule has 0 saturated carbocycles. The van der Waals surface area contributed by atoms with Gasteiger partial charge in [-0.25, -0.2) is 4.79 Å². The zero-order valence-electron chi connectivity index (χ0n) is 15.8. The third-order valence-corrected chi connectivity index (χ3v) is 5.22. The largest absolute Gasteiger partial charge is 0.462 e. The number of carbonyl (C=O) groups excluding carboxylic acids is 2. The molecule has 1 heterocycles. The fourth-order valence-corrected chi connectivity index (χ4v) is 3.88. The second kappa shape index (κ2) is 8.66. The van der Waals surface area contributed by atoms with Gasteiger partial charge in [0.2, 0.25) is 0 Å². The Labute approximate surface area is 171 Å². The van der Waals surface area contributed by atoms with Crippen LogP contribution in [0.5, 0.6) is 0 Å². The molecule has 0 aliphatic rings. The van der Waals surface area contributed by atoms with E-state index in [4.69, 9.17) is 4.74 Å². The van der Waals surface area contributed by atoms with Crippen molar-refractivity contribution in [3.8, 4) is 11.1 Å². The summed E-state index contributed by atoms with van der Waals surface area (Å²) in [4.78, 5) is 36.0. The summed E-state index contributed by atoms with van der Waals surface area (Å²) in [6.07, 6.45) is 0. The lowest BCUT2D eigenvalue weighted by molar-refractivity contribution is -0.385. The van der Waals surface area contributed by atoms with Gasteiger partial charge in [0, 0.05) is 28.1 Å². The van der Waals surface area contributed by atoms with Crippen molar-refractivity contribution < 1.29 is 19.2 Å². The van der Waals surface area contributed by atoms with Gasteiger partial charge < -0.3 is 10.1 Å². The van der Waals surface area contributed by atoms with E-state index in [0.717, 1.165) is 5.56 Å². The van der Waals surface area contributed by atoms with Crippen LogP contribution in [0.25, 0.3) is 11.1 Å². The van der Waals surface area contributed by atoms with Crippen LogP contribution in [0, 0.1) is 17.0 Å².